The lowest BCUT2D eigenvalue weighted by atomic mass is 9.88. The predicted molar refractivity (Wildman–Crippen MR) is 126 cm³/mol. The molecule has 0 saturated carbocycles. The standard InChI is InChI=1S/C25H34N2O7/c1-5-26(6-2)12-15-20(30)16(13-27(7-3)8-4)25-19(21(15)31)22(32)23(33)24(34-25)14-9-10-17(28)18(29)11-14/h9-11,23-24,28-31,33H,5-8,12-13H2,1-4H3. The number of carbonyl (C=O) groups excluding carboxylic acids is 1. The summed E-state index contributed by atoms with van der Waals surface area (Å²) in [6.45, 7) is 11.1. The predicted octanol–water partition coefficient (Wildman–Crippen LogP) is 2.87. The maximum Gasteiger partial charge on any atom is 0.202 e. The second-order valence-electron chi connectivity index (χ2n) is 8.38. The Morgan fingerprint density at radius 1 is 0.824 bits per heavy atom. The van der Waals surface area contributed by atoms with Crippen molar-refractivity contribution in [1.82, 2.24) is 9.80 Å². The van der Waals surface area contributed by atoms with Crippen LogP contribution in [0.3, 0.4) is 0 Å². The summed E-state index contributed by atoms with van der Waals surface area (Å²) in [5, 5.41) is 52.7. The lowest BCUT2D eigenvalue weighted by molar-refractivity contribution is 0.0200. The molecule has 5 N–H and O–H groups in total. The fourth-order valence-electron chi connectivity index (χ4n) is 4.25. The Kier molecular flexibility index (Phi) is 7.91. The van der Waals surface area contributed by atoms with Gasteiger partial charge in [-0.25, -0.2) is 0 Å². The minimum Gasteiger partial charge on any atom is -0.507 e. The number of phenolic OH excluding ortho intramolecular Hbond substituents is 4. The van der Waals surface area contributed by atoms with Gasteiger partial charge in [0.2, 0.25) is 5.78 Å². The second kappa shape index (κ2) is 10.5. The molecule has 9 heteroatoms. The SMILES string of the molecule is CCN(CC)Cc1c(O)c(CN(CC)CC)c2c(c1O)C(=O)C(O)C(c1ccc(O)c(O)c1)O2. The van der Waals surface area contributed by atoms with Crippen molar-refractivity contribution in [2.75, 3.05) is 26.2 Å². The van der Waals surface area contributed by atoms with Gasteiger partial charge in [-0.2, -0.15) is 0 Å². The molecule has 1 aliphatic rings. The minimum atomic E-state index is -1.66. The van der Waals surface area contributed by atoms with Gasteiger partial charge in [-0.3, -0.25) is 14.6 Å². The molecular weight excluding hydrogens is 440 g/mol. The van der Waals surface area contributed by atoms with Crippen molar-refractivity contribution in [1.29, 1.82) is 0 Å². The van der Waals surface area contributed by atoms with Crippen LogP contribution in [0.15, 0.2) is 18.2 Å². The van der Waals surface area contributed by atoms with Crippen LogP contribution in [0.4, 0.5) is 0 Å². The molecule has 2 aromatic carbocycles. The number of fused-ring (bicyclic) bond motifs is 1. The van der Waals surface area contributed by atoms with Crippen LogP contribution in [0.5, 0.6) is 28.7 Å². The summed E-state index contributed by atoms with van der Waals surface area (Å²) in [4.78, 5) is 17.4. The van der Waals surface area contributed by atoms with Gasteiger partial charge in [0.05, 0.1) is 11.1 Å². The Morgan fingerprint density at radius 2 is 1.38 bits per heavy atom. The van der Waals surface area contributed by atoms with Crippen LogP contribution in [-0.4, -0.2) is 73.4 Å². The van der Waals surface area contributed by atoms with Gasteiger partial charge in [-0.15, -0.1) is 0 Å². The Balaban J connectivity index is 2.21. The molecule has 0 radical (unpaired) electrons. The Hall–Kier alpha value is -3.01. The number of Topliss-reactive ketones (excluding diaryl/α,β-unsaturated/α-hetero) is 1. The summed E-state index contributed by atoms with van der Waals surface area (Å²) in [7, 11) is 0. The molecule has 34 heavy (non-hydrogen) atoms. The molecule has 1 heterocycles. The molecular formula is C25H34N2O7. The number of carbonyl (C=O) groups is 1. The van der Waals surface area contributed by atoms with E-state index in [0.29, 0.717) is 31.7 Å². The summed E-state index contributed by atoms with van der Waals surface area (Å²) in [5.74, 6) is -2.05. The lowest BCUT2D eigenvalue weighted by Gasteiger charge is -2.34. The van der Waals surface area contributed by atoms with Gasteiger partial charge >= 0.3 is 0 Å². The molecule has 2 atom stereocenters. The van der Waals surface area contributed by atoms with Crippen LogP contribution in [-0.2, 0) is 13.1 Å². The first-order valence-corrected chi connectivity index (χ1v) is 11.6. The smallest absolute Gasteiger partial charge is 0.202 e. The van der Waals surface area contributed by atoms with E-state index in [-0.39, 0.29) is 47.0 Å². The van der Waals surface area contributed by atoms with Crippen molar-refractivity contribution >= 4 is 5.78 Å². The molecule has 2 aromatic rings. The normalized spacial score (nSPS) is 17.8. The molecule has 2 unspecified atom stereocenters. The van der Waals surface area contributed by atoms with E-state index in [2.05, 4.69) is 0 Å². The maximum atomic E-state index is 13.3. The van der Waals surface area contributed by atoms with E-state index in [1.54, 1.807) is 0 Å². The van der Waals surface area contributed by atoms with Crippen LogP contribution in [0, 0.1) is 0 Å². The number of hydrogen-bond donors (Lipinski definition) is 5. The zero-order valence-corrected chi connectivity index (χ0v) is 20.1. The lowest BCUT2D eigenvalue weighted by Crippen LogP contribution is -2.37. The highest BCUT2D eigenvalue weighted by Crippen LogP contribution is 2.49. The number of aliphatic hydroxyl groups excluding tert-OH is 1. The van der Waals surface area contributed by atoms with Gasteiger partial charge in [0, 0.05) is 13.1 Å². The van der Waals surface area contributed by atoms with Crippen molar-refractivity contribution in [3.8, 4) is 28.7 Å². The van der Waals surface area contributed by atoms with Gasteiger partial charge in [0.15, 0.2) is 23.7 Å². The molecule has 0 bridgehead atoms. The summed E-state index contributed by atoms with van der Waals surface area (Å²) in [6, 6.07) is 3.87. The van der Waals surface area contributed by atoms with Crippen LogP contribution >= 0.6 is 0 Å². The third-order valence-electron chi connectivity index (χ3n) is 6.52. The number of phenols is 4. The summed E-state index contributed by atoms with van der Waals surface area (Å²) in [5.41, 5.74) is 0.678. The molecule has 0 spiro atoms. The monoisotopic (exact) mass is 474 g/mol. The van der Waals surface area contributed by atoms with Crippen molar-refractivity contribution in [3.63, 3.8) is 0 Å². The minimum absolute atomic E-state index is 0.0121. The third-order valence-corrected chi connectivity index (χ3v) is 6.52. The molecule has 9 nitrogen and oxygen atoms in total. The molecule has 3 rings (SSSR count). The van der Waals surface area contributed by atoms with Crippen molar-refractivity contribution in [3.05, 3.63) is 40.5 Å². The first-order chi connectivity index (χ1) is 16.2. The fraction of sp³-hybridized carbons (Fsp3) is 0.480. The van der Waals surface area contributed by atoms with E-state index in [1.165, 1.54) is 18.2 Å². The summed E-state index contributed by atoms with van der Waals surface area (Å²) in [6.07, 6.45) is -2.86. The largest absolute Gasteiger partial charge is 0.507 e. The van der Waals surface area contributed by atoms with E-state index in [1.807, 2.05) is 37.5 Å². The molecule has 0 aromatic heterocycles. The summed E-state index contributed by atoms with van der Waals surface area (Å²) < 4.78 is 6.07. The Labute approximate surface area is 199 Å². The highest BCUT2D eigenvalue weighted by atomic mass is 16.5. The van der Waals surface area contributed by atoms with Gasteiger partial charge < -0.3 is 30.3 Å². The van der Waals surface area contributed by atoms with E-state index in [0.717, 1.165) is 0 Å². The molecule has 0 fully saturated rings. The van der Waals surface area contributed by atoms with Gasteiger partial charge in [0.1, 0.15) is 22.8 Å². The number of ketones is 1. The fourth-order valence-corrected chi connectivity index (χ4v) is 4.25. The number of nitrogens with zero attached hydrogens (tertiary/aromatic N) is 2. The topological polar surface area (TPSA) is 134 Å². The number of aromatic hydroxyl groups is 4. The average molecular weight is 475 g/mol. The van der Waals surface area contributed by atoms with Crippen LogP contribution < -0.4 is 4.74 Å². The van der Waals surface area contributed by atoms with Crippen LogP contribution in [0.1, 0.15) is 60.8 Å². The van der Waals surface area contributed by atoms with Crippen molar-refractivity contribution < 1.29 is 35.1 Å². The van der Waals surface area contributed by atoms with Crippen LogP contribution in [0.25, 0.3) is 0 Å². The Morgan fingerprint density at radius 3 is 1.91 bits per heavy atom. The van der Waals surface area contributed by atoms with E-state index in [4.69, 9.17) is 4.74 Å². The van der Waals surface area contributed by atoms with E-state index >= 15 is 0 Å². The van der Waals surface area contributed by atoms with Crippen molar-refractivity contribution in [2.24, 2.45) is 0 Å². The zero-order valence-electron chi connectivity index (χ0n) is 20.1. The first kappa shape index (κ1) is 25.6. The van der Waals surface area contributed by atoms with Gasteiger partial charge in [0.25, 0.3) is 0 Å². The molecule has 0 saturated heterocycles. The quantitative estimate of drug-likeness (QED) is 0.348. The molecule has 1 aliphatic heterocycles. The third kappa shape index (κ3) is 4.64. The summed E-state index contributed by atoms with van der Waals surface area (Å²) >= 11 is 0. The highest BCUT2D eigenvalue weighted by molar-refractivity contribution is 6.06. The van der Waals surface area contributed by atoms with E-state index in [9.17, 15) is 30.3 Å². The molecule has 0 aliphatic carbocycles. The van der Waals surface area contributed by atoms with Crippen molar-refractivity contribution in [2.45, 2.75) is 53.0 Å². The highest BCUT2D eigenvalue weighted by Gasteiger charge is 2.42. The van der Waals surface area contributed by atoms with Crippen LogP contribution in [0.2, 0.25) is 0 Å². The molecule has 186 valence electrons. The number of rotatable bonds is 9. The zero-order chi connectivity index (χ0) is 25.2. The number of benzene rings is 2. The maximum absolute atomic E-state index is 13.3. The second-order valence-corrected chi connectivity index (χ2v) is 8.38. The van der Waals surface area contributed by atoms with Gasteiger partial charge in [-0.1, -0.05) is 33.8 Å². The number of hydrogen-bond acceptors (Lipinski definition) is 9. The Bertz CT molecular complexity index is 1050. The molecule has 0 amide bonds. The van der Waals surface area contributed by atoms with E-state index < -0.39 is 29.5 Å². The average Bonchev–Trinajstić information content (AvgIpc) is 2.83. The first-order valence-electron chi connectivity index (χ1n) is 11.6. The number of ether oxygens (including phenoxy) is 1. The van der Waals surface area contributed by atoms with Gasteiger partial charge in [-0.05, 0) is 43.9 Å². The number of aliphatic hydroxyl groups is 1.